The summed E-state index contributed by atoms with van der Waals surface area (Å²) in [6.07, 6.45) is 1.71. The van der Waals surface area contributed by atoms with Crippen molar-refractivity contribution >= 4 is 10.8 Å². The van der Waals surface area contributed by atoms with Crippen molar-refractivity contribution < 1.29 is 4.39 Å². The van der Waals surface area contributed by atoms with Crippen LogP contribution in [0.5, 0.6) is 0 Å². The number of aryl methyl sites for hydroxylation is 1. The van der Waals surface area contributed by atoms with E-state index in [1.165, 1.54) is 6.07 Å². The first kappa shape index (κ1) is 12.8. The van der Waals surface area contributed by atoms with Crippen LogP contribution in [0.4, 0.5) is 4.39 Å². The summed E-state index contributed by atoms with van der Waals surface area (Å²) < 4.78 is 14.0. The third-order valence-electron chi connectivity index (χ3n) is 3.49. The number of fused-ring (bicyclic) bond motifs is 1. The summed E-state index contributed by atoms with van der Waals surface area (Å²) in [5, 5.41) is 2.02. The van der Waals surface area contributed by atoms with E-state index in [-0.39, 0.29) is 5.82 Å². The monoisotopic (exact) mass is 266 g/mol. The molecule has 2 N–H and O–H groups in total. The molecule has 0 spiro atoms. The van der Waals surface area contributed by atoms with Crippen molar-refractivity contribution in [3.8, 4) is 0 Å². The molecule has 0 aliphatic carbocycles. The van der Waals surface area contributed by atoms with Gasteiger partial charge in [0.15, 0.2) is 0 Å². The Kier molecular flexibility index (Phi) is 3.20. The van der Waals surface area contributed by atoms with Crippen LogP contribution in [0.2, 0.25) is 0 Å². The molecule has 2 aromatic carbocycles. The zero-order chi connectivity index (χ0) is 14.1. The van der Waals surface area contributed by atoms with Gasteiger partial charge in [0.05, 0.1) is 11.7 Å². The highest BCUT2D eigenvalue weighted by Crippen LogP contribution is 2.27. The second-order valence-electron chi connectivity index (χ2n) is 4.92. The maximum absolute atomic E-state index is 14.0. The molecule has 0 fully saturated rings. The van der Waals surface area contributed by atoms with Gasteiger partial charge >= 0.3 is 0 Å². The maximum Gasteiger partial charge on any atom is 0.128 e. The third-order valence-corrected chi connectivity index (χ3v) is 3.49. The number of benzene rings is 2. The van der Waals surface area contributed by atoms with Gasteiger partial charge in [-0.2, -0.15) is 0 Å². The summed E-state index contributed by atoms with van der Waals surface area (Å²) in [4.78, 5) is 4.36. The summed E-state index contributed by atoms with van der Waals surface area (Å²) in [7, 11) is 0. The van der Waals surface area contributed by atoms with Crippen LogP contribution in [0.25, 0.3) is 10.8 Å². The van der Waals surface area contributed by atoms with Crippen molar-refractivity contribution in [3.05, 3.63) is 77.4 Å². The molecule has 3 rings (SSSR count). The van der Waals surface area contributed by atoms with Crippen molar-refractivity contribution in [2.45, 2.75) is 13.0 Å². The fraction of sp³-hybridized carbons (Fsp3) is 0.118. The lowest BCUT2D eigenvalue weighted by Crippen LogP contribution is -2.15. The van der Waals surface area contributed by atoms with E-state index in [4.69, 9.17) is 5.73 Å². The predicted molar refractivity (Wildman–Crippen MR) is 78.9 cm³/mol. The van der Waals surface area contributed by atoms with Crippen LogP contribution in [0, 0.1) is 12.7 Å². The molecule has 0 radical (unpaired) electrons. The summed E-state index contributed by atoms with van der Waals surface area (Å²) in [6, 6.07) is 14.2. The number of hydrogen-bond acceptors (Lipinski definition) is 2. The fourth-order valence-electron chi connectivity index (χ4n) is 2.44. The van der Waals surface area contributed by atoms with Gasteiger partial charge in [0, 0.05) is 17.1 Å². The molecule has 1 aromatic heterocycles. The van der Waals surface area contributed by atoms with Gasteiger partial charge in [-0.1, -0.05) is 42.0 Å². The topological polar surface area (TPSA) is 38.9 Å². The Hall–Kier alpha value is -2.26. The Balaban J connectivity index is 2.17. The van der Waals surface area contributed by atoms with Crippen LogP contribution in [-0.4, -0.2) is 4.98 Å². The molecule has 0 amide bonds. The summed E-state index contributed by atoms with van der Waals surface area (Å²) in [6.45, 7) is 1.92. The number of nitrogens with two attached hydrogens (primary N) is 1. The van der Waals surface area contributed by atoms with Gasteiger partial charge in [-0.3, -0.25) is 4.98 Å². The van der Waals surface area contributed by atoms with Gasteiger partial charge in [-0.15, -0.1) is 0 Å². The quantitative estimate of drug-likeness (QED) is 0.767. The van der Waals surface area contributed by atoms with Gasteiger partial charge in [0.1, 0.15) is 5.82 Å². The number of pyridine rings is 1. The van der Waals surface area contributed by atoms with Crippen LogP contribution in [0.3, 0.4) is 0 Å². The molecular weight excluding hydrogens is 251 g/mol. The summed E-state index contributed by atoms with van der Waals surface area (Å²) >= 11 is 0. The molecule has 0 saturated heterocycles. The van der Waals surface area contributed by atoms with Crippen LogP contribution < -0.4 is 5.73 Å². The molecule has 0 aliphatic heterocycles. The van der Waals surface area contributed by atoms with Crippen LogP contribution in [-0.2, 0) is 0 Å². The van der Waals surface area contributed by atoms with Crippen molar-refractivity contribution in [2.75, 3.05) is 0 Å². The van der Waals surface area contributed by atoms with E-state index in [1.54, 1.807) is 18.3 Å². The lowest BCUT2D eigenvalue weighted by atomic mass is 9.98. The van der Waals surface area contributed by atoms with Gasteiger partial charge < -0.3 is 5.73 Å². The van der Waals surface area contributed by atoms with Gasteiger partial charge in [-0.05, 0) is 24.4 Å². The summed E-state index contributed by atoms with van der Waals surface area (Å²) in [5.41, 5.74) is 8.41. The normalized spacial score (nSPS) is 12.6. The molecule has 20 heavy (non-hydrogen) atoms. The fourth-order valence-corrected chi connectivity index (χ4v) is 2.44. The number of halogens is 1. The van der Waals surface area contributed by atoms with Crippen molar-refractivity contribution in [3.63, 3.8) is 0 Å². The first-order valence-electron chi connectivity index (χ1n) is 6.52. The van der Waals surface area contributed by atoms with E-state index in [2.05, 4.69) is 4.98 Å². The molecule has 100 valence electrons. The second kappa shape index (κ2) is 5.02. The number of rotatable bonds is 2. The zero-order valence-electron chi connectivity index (χ0n) is 11.2. The average molecular weight is 266 g/mol. The Morgan fingerprint density at radius 2 is 1.90 bits per heavy atom. The molecule has 0 bridgehead atoms. The molecule has 0 saturated carbocycles. The van der Waals surface area contributed by atoms with E-state index in [0.717, 1.165) is 16.3 Å². The minimum absolute atomic E-state index is 0.294. The number of hydrogen-bond donors (Lipinski definition) is 1. The third kappa shape index (κ3) is 2.17. The average Bonchev–Trinajstić information content (AvgIpc) is 2.48. The maximum atomic E-state index is 14.0. The van der Waals surface area contributed by atoms with Gasteiger partial charge in [0.2, 0.25) is 0 Å². The SMILES string of the molecule is Cc1ccc(F)c(C(N)c2nccc3ccccc23)c1. The van der Waals surface area contributed by atoms with E-state index in [9.17, 15) is 4.39 Å². The first-order chi connectivity index (χ1) is 9.66. The molecule has 1 atom stereocenters. The van der Waals surface area contributed by atoms with Crippen molar-refractivity contribution in [1.82, 2.24) is 4.98 Å². The molecule has 3 heteroatoms. The lowest BCUT2D eigenvalue weighted by molar-refractivity contribution is 0.597. The zero-order valence-corrected chi connectivity index (χ0v) is 11.2. The molecule has 2 nitrogen and oxygen atoms in total. The van der Waals surface area contributed by atoms with Gasteiger partial charge in [0.25, 0.3) is 0 Å². The summed E-state index contributed by atoms with van der Waals surface area (Å²) in [5.74, 6) is -0.294. The first-order valence-corrected chi connectivity index (χ1v) is 6.52. The Morgan fingerprint density at radius 3 is 2.75 bits per heavy atom. The second-order valence-corrected chi connectivity index (χ2v) is 4.92. The van der Waals surface area contributed by atoms with E-state index in [0.29, 0.717) is 11.3 Å². The number of nitrogens with zero attached hydrogens (tertiary/aromatic N) is 1. The van der Waals surface area contributed by atoms with Crippen LogP contribution in [0.1, 0.15) is 22.9 Å². The van der Waals surface area contributed by atoms with E-state index < -0.39 is 6.04 Å². The minimum Gasteiger partial charge on any atom is -0.319 e. The van der Waals surface area contributed by atoms with Crippen molar-refractivity contribution in [1.29, 1.82) is 0 Å². The van der Waals surface area contributed by atoms with E-state index in [1.807, 2.05) is 37.3 Å². The minimum atomic E-state index is -0.569. The highest BCUT2D eigenvalue weighted by atomic mass is 19.1. The van der Waals surface area contributed by atoms with E-state index >= 15 is 0 Å². The molecular formula is C17H15FN2. The predicted octanol–water partition coefficient (Wildman–Crippen LogP) is 3.73. The molecule has 1 heterocycles. The smallest absolute Gasteiger partial charge is 0.128 e. The number of aromatic nitrogens is 1. The van der Waals surface area contributed by atoms with Crippen molar-refractivity contribution in [2.24, 2.45) is 5.73 Å². The Labute approximate surface area is 117 Å². The van der Waals surface area contributed by atoms with Gasteiger partial charge in [-0.25, -0.2) is 4.39 Å². The highest BCUT2D eigenvalue weighted by molar-refractivity contribution is 5.85. The molecule has 0 aliphatic rings. The van der Waals surface area contributed by atoms with Crippen LogP contribution >= 0.6 is 0 Å². The standard InChI is InChI=1S/C17H15FN2/c1-11-6-7-15(18)14(10-11)16(19)17-13-5-3-2-4-12(13)8-9-20-17/h2-10,16H,19H2,1H3. The molecule has 3 aromatic rings. The van der Waals surface area contributed by atoms with Crippen LogP contribution in [0.15, 0.2) is 54.7 Å². The Bertz CT molecular complexity index is 763. The Morgan fingerprint density at radius 1 is 1.10 bits per heavy atom. The lowest BCUT2D eigenvalue weighted by Gasteiger charge is -2.15. The molecule has 1 unspecified atom stereocenters. The largest absolute Gasteiger partial charge is 0.319 e. The highest BCUT2D eigenvalue weighted by Gasteiger charge is 2.17.